The Labute approximate surface area is 147 Å². The van der Waals surface area contributed by atoms with Crippen molar-refractivity contribution >= 4 is 11.8 Å². The van der Waals surface area contributed by atoms with Crippen molar-refractivity contribution in [3.8, 4) is 0 Å². The van der Waals surface area contributed by atoms with Crippen LogP contribution in [0, 0.1) is 5.92 Å². The number of methoxy groups -OCH3 is 1. The first-order chi connectivity index (χ1) is 11.6. The molecule has 1 rings (SSSR count). The summed E-state index contributed by atoms with van der Waals surface area (Å²) in [5.74, 6) is 0.873. The zero-order valence-corrected chi connectivity index (χ0v) is 15.5. The van der Waals surface area contributed by atoms with Crippen LogP contribution < -0.4 is 0 Å². The van der Waals surface area contributed by atoms with Crippen LogP contribution in [0.5, 0.6) is 0 Å². The molecule has 0 atom stereocenters. The number of esters is 1. The van der Waals surface area contributed by atoms with E-state index < -0.39 is 0 Å². The molecule has 0 radical (unpaired) electrons. The Kier molecular flexibility index (Phi) is 11.2. The number of carbonyl (C=O) groups is 2. The maximum Gasteiger partial charge on any atom is 0.305 e. The minimum Gasteiger partial charge on any atom is -0.469 e. The monoisotopic (exact) mass is 334 g/mol. The van der Waals surface area contributed by atoms with Gasteiger partial charge in [0, 0.05) is 12.8 Å². The minimum atomic E-state index is -0.134. The summed E-state index contributed by atoms with van der Waals surface area (Å²) in [5.41, 5.74) is 1.41. The van der Waals surface area contributed by atoms with E-state index in [0.717, 1.165) is 38.0 Å². The lowest BCUT2D eigenvalue weighted by Crippen LogP contribution is -2.04. The second kappa shape index (κ2) is 13.0. The Morgan fingerprint density at radius 1 is 1.00 bits per heavy atom. The van der Waals surface area contributed by atoms with Crippen molar-refractivity contribution in [1.82, 2.24) is 0 Å². The SMILES string of the molecule is COC(=O)CCC/C=C/C(=C/C1CCCCC1)CCCCC(C)=O. The van der Waals surface area contributed by atoms with Gasteiger partial charge in [-0.3, -0.25) is 4.79 Å². The molecule has 0 unspecified atom stereocenters. The van der Waals surface area contributed by atoms with E-state index in [9.17, 15) is 9.59 Å². The number of allylic oxidation sites excluding steroid dienone is 4. The molecular formula is C21H34O3. The number of rotatable bonds is 11. The van der Waals surface area contributed by atoms with Crippen LogP contribution in [0.4, 0.5) is 0 Å². The lowest BCUT2D eigenvalue weighted by Gasteiger charge is -2.19. The molecule has 136 valence electrons. The molecule has 0 aromatic carbocycles. The van der Waals surface area contributed by atoms with Gasteiger partial charge in [-0.25, -0.2) is 0 Å². The van der Waals surface area contributed by atoms with Crippen LogP contribution in [0.25, 0.3) is 0 Å². The average molecular weight is 335 g/mol. The summed E-state index contributed by atoms with van der Waals surface area (Å²) in [5, 5.41) is 0. The van der Waals surface area contributed by atoms with Gasteiger partial charge in [-0.2, -0.15) is 0 Å². The van der Waals surface area contributed by atoms with Crippen LogP contribution in [-0.4, -0.2) is 18.9 Å². The van der Waals surface area contributed by atoms with Gasteiger partial charge in [0.1, 0.15) is 5.78 Å². The largest absolute Gasteiger partial charge is 0.469 e. The number of ketones is 1. The third-order valence-electron chi connectivity index (χ3n) is 4.66. The average Bonchev–Trinajstić information content (AvgIpc) is 2.58. The summed E-state index contributed by atoms with van der Waals surface area (Å²) >= 11 is 0. The number of hydrogen-bond donors (Lipinski definition) is 0. The van der Waals surface area contributed by atoms with Crippen molar-refractivity contribution in [3.05, 3.63) is 23.8 Å². The first-order valence-electron chi connectivity index (χ1n) is 9.55. The molecule has 0 aromatic heterocycles. The van der Waals surface area contributed by atoms with Crippen LogP contribution in [0.2, 0.25) is 0 Å². The molecule has 1 aliphatic rings. The Morgan fingerprint density at radius 3 is 2.38 bits per heavy atom. The van der Waals surface area contributed by atoms with E-state index in [-0.39, 0.29) is 11.8 Å². The molecule has 3 heteroatoms. The van der Waals surface area contributed by atoms with Gasteiger partial charge in [0.15, 0.2) is 0 Å². The molecule has 0 heterocycles. The number of Topliss-reactive ketones (excluding diaryl/α,β-unsaturated/α-hetero) is 1. The van der Waals surface area contributed by atoms with Gasteiger partial charge in [-0.05, 0) is 57.8 Å². The molecule has 24 heavy (non-hydrogen) atoms. The first kappa shape index (κ1) is 20.7. The third-order valence-corrected chi connectivity index (χ3v) is 4.66. The highest BCUT2D eigenvalue weighted by molar-refractivity contribution is 5.75. The number of hydrogen-bond acceptors (Lipinski definition) is 3. The second-order valence-corrected chi connectivity index (χ2v) is 6.92. The fraction of sp³-hybridized carbons (Fsp3) is 0.714. The second-order valence-electron chi connectivity index (χ2n) is 6.92. The maximum absolute atomic E-state index is 11.1. The van der Waals surface area contributed by atoms with Gasteiger partial charge in [0.05, 0.1) is 7.11 Å². The standard InChI is InChI=1S/C21H34O3/c1-18(22)11-9-10-15-20(17-19-12-5-3-6-13-19)14-7-4-8-16-21(23)24-2/h7,14,17,19H,3-6,8-13,15-16H2,1-2H3/b14-7+,20-17-. The molecule has 1 saturated carbocycles. The molecule has 0 spiro atoms. The van der Waals surface area contributed by atoms with Crippen molar-refractivity contribution in [2.24, 2.45) is 5.92 Å². The highest BCUT2D eigenvalue weighted by atomic mass is 16.5. The van der Waals surface area contributed by atoms with E-state index >= 15 is 0 Å². The summed E-state index contributed by atoms with van der Waals surface area (Å²) in [4.78, 5) is 22.2. The summed E-state index contributed by atoms with van der Waals surface area (Å²) in [7, 11) is 1.43. The van der Waals surface area contributed by atoms with Gasteiger partial charge >= 0.3 is 5.97 Å². The molecular weight excluding hydrogens is 300 g/mol. The van der Waals surface area contributed by atoms with Gasteiger partial charge in [-0.1, -0.05) is 43.1 Å². The summed E-state index contributed by atoms with van der Waals surface area (Å²) in [6.45, 7) is 1.67. The molecule has 1 fully saturated rings. The lowest BCUT2D eigenvalue weighted by molar-refractivity contribution is -0.140. The van der Waals surface area contributed by atoms with E-state index in [0.29, 0.717) is 12.8 Å². The van der Waals surface area contributed by atoms with Gasteiger partial charge in [0.2, 0.25) is 0 Å². The molecule has 0 aromatic rings. The predicted octanol–water partition coefficient (Wildman–Crippen LogP) is 5.54. The third kappa shape index (κ3) is 10.4. The molecule has 0 bridgehead atoms. The van der Waals surface area contributed by atoms with Crippen molar-refractivity contribution in [1.29, 1.82) is 0 Å². The maximum atomic E-state index is 11.1. The van der Waals surface area contributed by atoms with E-state index in [2.05, 4.69) is 23.0 Å². The first-order valence-corrected chi connectivity index (χ1v) is 9.55. The van der Waals surface area contributed by atoms with Crippen molar-refractivity contribution < 1.29 is 14.3 Å². The fourth-order valence-electron chi connectivity index (χ4n) is 3.23. The quantitative estimate of drug-likeness (QED) is 0.283. The minimum absolute atomic E-state index is 0.134. The Balaban J connectivity index is 2.44. The predicted molar refractivity (Wildman–Crippen MR) is 98.8 cm³/mol. The highest BCUT2D eigenvalue weighted by Crippen LogP contribution is 2.27. The van der Waals surface area contributed by atoms with Crippen LogP contribution in [0.1, 0.15) is 84.0 Å². The van der Waals surface area contributed by atoms with Crippen LogP contribution in [0.3, 0.4) is 0 Å². The fourth-order valence-corrected chi connectivity index (χ4v) is 3.23. The van der Waals surface area contributed by atoms with Gasteiger partial charge in [-0.15, -0.1) is 0 Å². The number of carbonyl (C=O) groups excluding carboxylic acids is 2. The van der Waals surface area contributed by atoms with E-state index in [4.69, 9.17) is 0 Å². The Morgan fingerprint density at radius 2 is 1.71 bits per heavy atom. The van der Waals surface area contributed by atoms with Crippen molar-refractivity contribution in [2.45, 2.75) is 84.0 Å². The molecule has 3 nitrogen and oxygen atoms in total. The van der Waals surface area contributed by atoms with Crippen LogP contribution >= 0.6 is 0 Å². The van der Waals surface area contributed by atoms with E-state index in [1.807, 2.05) is 0 Å². The number of ether oxygens (including phenoxy) is 1. The molecule has 0 aliphatic heterocycles. The number of unbranched alkanes of at least 4 members (excludes halogenated alkanes) is 2. The lowest BCUT2D eigenvalue weighted by atomic mass is 9.87. The Hall–Kier alpha value is -1.38. The van der Waals surface area contributed by atoms with Crippen molar-refractivity contribution in [2.75, 3.05) is 7.11 Å². The van der Waals surface area contributed by atoms with Crippen molar-refractivity contribution in [3.63, 3.8) is 0 Å². The van der Waals surface area contributed by atoms with Gasteiger partial charge < -0.3 is 9.53 Å². The zero-order chi connectivity index (χ0) is 17.6. The zero-order valence-electron chi connectivity index (χ0n) is 15.5. The summed E-state index contributed by atoms with van der Waals surface area (Å²) < 4.78 is 4.66. The van der Waals surface area contributed by atoms with Gasteiger partial charge in [0.25, 0.3) is 0 Å². The smallest absolute Gasteiger partial charge is 0.305 e. The topological polar surface area (TPSA) is 43.4 Å². The Bertz CT molecular complexity index is 428. The van der Waals surface area contributed by atoms with E-state index in [1.165, 1.54) is 44.8 Å². The van der Waals surface area contributed by atoms with Crippen LogP contribution in [0.15, 0.2) is 23.8 Å². The normalized spacial score (nSPS) is 16.5. The molecule has 1 aliphatic carbocycles. The highest BCUT2D eigenvalue weighted by Gasteiger charge is 2.11. The molecule has 0 amide bonds. The summed E-state index contributed by atoms with van der Waals surface area (Å²) in [6, 6.07) is 0. The van der Waals surface area contributed by atoms with E-state index in [1.54, 1.807) is 6.92 Å². The molecule has 0 saturated heterocycles. The van der Waals surface area contributed by atoms with Crippen LogP contribution in [-0.2, 0) is 14.3 Å². The summed E-state index contributed by atoms with van der Waals surface area (Å²) in [6.07, 6.45) is 19.6. The molecule has 0 N–H and O–H groups in total.